The van der Waals surface area contributed by atoms with E-state index in [1.165, 1.54) is 25.1 Å². The van der Waals surface area contributed by atoms with Gasteiger partial charge in [0.2, 0.25) is 23.6 Å². The molecule has 4 bridgehead atoms. The molecule has 19 heteroatoms. The van der Waals surface area contributed by atoms with Crippen molar-refractivity contribution in [3.8, 4) is 40.1 Å². The number of nitrogens with two attached hydrogens (primary N) is 3. The zero-order valence-corrected chi connectivity index (χ0v) is 38.2. The highest BCUT2D eigenvalue weighted by molar-refractivity contribution is 5.98. The molecule has 66 heavy (non-hydrogen) atoms. The SMILES string of the molecule is Cc1nc(-c2ccc(C(C)(C)C)cc2)ncc1NC(=O)N[C@@H](CCN)C(=O)N(C)[C@@H]1C(=O)N[C@@H](C)C(=O)N[C@H](C(=O)NCC#N)Cc2ccc(OCCN)c(c2)-c2cc1ccc2OCCN. The lowest BCUT2D eigenvalue weighted by Crippen LogP contribution is -2.56. The number of nitrogens with zero attached hydrogens (tertiary/aromatic N) is 4. The summed E-state index contributed by atoms with van der Waals surface area (Å²) in [5, 5.41) is 22.5. The third-order valence-corrected chi connectivity index (χ3v) is 10.8. The number of aromatic nitrogens is 2. The summed E-state index contributed by atoms with van der Waals surface area (Å²) in [6.45, 7) is 9.89. The lowest BCUT2D eigenvalue weighted by atomic mass is 9.87. The summed E-state index contributed by atoms with van der Waals surface area (Å²) < 4.78 is 12.2. The molecule has 2 heterocycles. The minimum absolute atomic E-state index is 0.000370. The highest BCUT2D eigenvalue weighted by Crippen LogP contribution is 2.40. The molecule has 0 unspecified atom stereocenters. The van der Waals surface area contributed by atoms with E-state index in [1.807, 2.05) is 30.3 Å². The van der Waals surface area contributed by atoms with Gasteiger partial charge in [0.25, 0.3) is 0 Å². The number of nitrogens with one attached hydrogen (secondary N) is 5. The van der Waals surface area contributed by atoms with Gasteiger partial charge in [-0.15, -0.1) is 0 Å². The molecule has 4 atom stereocenters. The standard InChI is InChI=1S/C47H60N12O7/c1-27-37(26-53-41(54-27)30-8-11-32(12-9-30)47(3,4)5)58-46(64)57-35(15-16-48)45(63)59(6)40-31-10-14-39(66-22-19-51)34(25-31)33-23-29(7-13-38(33)65-21-18-50)24-36(43(61)52-20-17-49)56-42(60)28(2)55-44(40)62/h7-14,23,25-26,28,35-36,40H,15-16,18-22,24,48,50-51H2,1-6H3,(H,52,61)(H,55,62)(H,56,60)(H2,57,58,64)/t28-,35-,36-,40-/m0/s1. The first-order valence-corrected chi connectivity index (χ1v) is 21.7. The topological polar surface area (TPSA) is 295 Å². The number of hydrogen-bond acceptors (Lipinski definition) is 13. The van der Waals surface area contributed by atoms with Crippen molar-refractivity contribution in [3.05, 3.63) is 89.2 Å². The summed E-state index contributed by atoms with van der Waals surface area (Å²) in [6, 6.07) is 14.2. The molecule has 1 aliphatic heterocycles. The second-order valence-corrected chi connectivity index (χ2v) is 16.8. The second-order valence-electron chi connectivity index (χ2n) is 16.8. The fraction of sp³-hybridized carbons (Fsp3) is 0.404. The smallest absolute Gasteiger partial charge is 0.319 e. The molecule has 4 aromatic rings. The maximum Gasteiger partial charge on any atom is 0.319 e. The molecule has 0 aliphatic carbocycles. The Labute approximate surface area is 384 Å². The van der Waals surface area contributed by atoms with Crippen LogP contribution in [0.4, 0.5) is 10.5 Å². The molecule has 0 radical (unpaired) electrons. The molecule has 0 fully saturated rings. The minimum Gasteiger partial charge on any atom is -0.492 e. The van der Waals surface area contributed by atoms with E-state index in [2.05, 4.69) is 57.3 Å². The second kappa shape index (κ2) is 22.7. The van der Waals surface area contributed by atoms with Crippen molar-refractivity contribution in [2.24, 2.45) is 17.2 Å². The predicted octanol–water partition coefficient (Wildman–Crippen LogP) is 2.32. The Balaban J connectivity index is 1.51. The zero-order valence-electron chi connectivity index (χ0n) is 38.2. The molecule has 19 nitrogen and oxygen atoms in total. The minimum atomic E-state index is -1.41. The molecule has 1 aromatic heterocycles. The van der Waals surface area contributed by atoms with Crippen LogP contribution in [-0.4, -0.2) is 109 Å². The first kappa shape index (κ1) is 49.9. The molecule has 5 rings (SSSR count). The maximum absolute atomic E-state index is 14.6. The third kappa shape index (κ3) is 12.6. The Morgan fingerprint density at radius 2 is 1.58 bits per heavy atom. The van der Waals surface area contributed by atoms with E-state index in [1.54, 1.807) is 43.3 Å². The zero-order chi connectivity index (χ0) is 48.1. The van der Waals surface area contributed by atoms with E-state index in [9.17, 15) is 24.0 Å². The molecular weight excluding hydrogens is 845 g/mol. The molecule has 6 amide bonds. The van der Waals surface area contributed by atoms with Crippen LogP contribution in [0.5, 0.6) is 11.5 Å². The van der Waals surface area contributed by atoms with Gasteiger partial charge in [-0.25, -0.2) is 14.8 Å². The molecule has 0 saturated carbocycles. The van der Waals surface area contributed by atoms with Crippen LogP contribution in [0.15, 0.2) is 66.9 Å². The Morgan fingerprint density at radius 1 is 0.924 bits per heavy atom. The largest absolute Gasteiger partial charge is 0.492 e. The number of anilines is 1. The van der Waals surface area contributed by atoms with Crippen molar-refractivity contribution < 1.29 is 33.4 Å². The third-order valence-electron chi connectivity index (χ3n) is 10.8. The van der Waals surface area contributed by atoms with Crippen molar-refractivity contribution >= 4 is 35.3 Å². The number of urea groups is 1. The molecule has 3 aromatic carbocycles. The van der Waals surface area contributed by atoms with Gasteiger partial charge < -0.3 is 58.2 Å². The van der Waals surface area contributed by atoms with Gasteiger partial charge in [-0.3, -0.25) is 19.2 Å². The average Bonchev–Trinajstić information content (AvgIpc) is 3.29. The number of benzene rings is 3. The van der Waals surface area contributed by atoms with Crippen LogP contribution in [0, 0.1) is 18.3 Å². The number of carbonyl (C=O) groups excluding carboxylic acids is 5. The van der Waals surface area contributed by atoms with Gasteiger partial charge in [0, 0.05) is 43.2 Å². The van der Waals surface area contributed by atoms with E-state index in [0.29, 0.717) is 51.0 Å². The normalized spacial score (nSPS) is 16.6. The molecule has 0 spiro atoms. The highest BCUT2D eigenvalue weighted by Gasteiger charge is 2.36. The van der Waals surface area contributed by atoms with Crippen LogP contribution in [0.3, 0.4) is 0 Å². The van der Waals surface area contributed by atoms with Crippen LogP contribution < -0.4 is 53.3 Å². The summed E-state index contributed by atoms with van der Waals surface area (Å²) in [7, 11) is 1.40. The maximum atomic E-state index is 14.6. The number of carbonyl (C=O) groups is 5. The fourth-order valence-electron chi connectivity index (χ4n) is 7.29. The fourth-order valence-corrected chi connectivity index (χ4v) is 7.29. The number of aryl methyl sites for hydroxylation is 1. The number of hydrogen-bond donors (Lipinski definition) is 8. The summed E-state index contributed by atoms with van der Waals surface area (Å²) in [4.78, 5) is 80.0. The number of nitriles is 1. The van der Waals surface area contributed by atoms with Gasteiger partial charge in [0.05, 0.1) is 23.6 Å². The Hall–Kier alpha value is -7.14. The Bertz CT molecular complexity index is 2430. The number of ether oxygens (including phenoxy) is 2. The Morgan fingerprint density at radius 3 is 2.18 bits per heavy atom. The van der Waals surface area contributed by atoms with E-state index in [4.69, 9.17) is 31.9 Å². The van der Waals surface area contributed by atoms with E-state index < -0.39 is 53.8 Å². The average molecular weight is 905 g/mol. The summed E-state index contributed by atoms with van der Waals surface area (Å²) in [6.07, 6.45) is 1.47. The monoisotopic (exact) mass is 904 g/mol. The quantitative estimate of drug-likeness (QED) is 0.0796. The Kier molecular flexibility index (Phi) is 17.1. The number of likely N-dealkylation sites (N-methyl/N-ethyl adjacent to an activating group) is 1. The van der Waals surface area contributed by atoms with Gasteiger partial charge in [0.1, 0.15) is 55.4 Å². The lowest BCUT2D eigenvalue weighted by molar-refractivity contribution is -0.141. The van der Waals surface area contributed by atoms with Crippen LogP contribution in [0.2, 0.25) is 0 Å². The van der Waals surface area contributed by atoms with Crippen LogP contribution in [0.25, 0.3) is 22.5 Å². The molecule has 11 N–H and O–H groups in total. The van der Waals surface area contributed by atoms with Crippen LogP contribution in [-0.2, 0) is 31.0 Å². The van der Waals surface area contributed by atoms with E-state index in [-0.39, 0.29) is 57.6 Å². The number of amides is 6. The van der Waals surface area contributed by atoms with Gasteiger partial charge in [-0.05, 0) is 73.2 Å². The predicted molar refractivity (Wildman–Crippen MR) is 249 cm³/mol. The number of rotatable bonds is 15. The van der Waals surface area contributed by atoms with Crippen molar-refractivity contribution in [1.82, 2.24) is 36.1 Å². The van der Waals surface area contributed by atoms with Gasteiger partial charge in [0.15, 0.2) is 5.82 Å². The highest BCUT2D eigenvalue weighted by atomic mass is 16.5. The first-order valence-electron chi connectivity index (χ1n) is 21.7. The molecule has 350 valence electrons. The molecular formula is C47H60N12O7. The summed E-state index contributed by atoms with van der Waals surface area (Å²) in [5.41, 5.74) is 22.2. The molecule has 0 saturated heterocycles. The van der Waals surface area contributed by atoms with Crippen molar-refractivity contribution in [2.75, 3.05) is 51.8 Å². The van der Waals surface area contributed by atoms with Crippen LogP contribution in [0.1, 0.15) is 62.5 Å². The van der Waals surface area contributed by atoms with Gasteiger partial charge in [-0.1, -0.05) is 57.2 Å². The summed E-state index contributed by atoms with van der Waals surface area (Å²) >= 11 is 0. The lowest BCUT2D eigenvalue weighted by Gasteiger charge is -2.32. The molecule has 1 aliphatic rings. The number of fused-ring (bicyclic) bond motifs is 5. The first-order chi connectivity index (χ1) is 31.5. The van der Waals surface area contributed by atoms with Gasteiger partial charge in [-0.2, -0.15) is 5.26 Å². The van der Waals surface area contributed by atoms with Crippen molar-refractivity contribution in [2.45, 2.75) is 77.0 Å². The van der Waals surface area contributed by atoms with Crippen LogP contribution >= 0.6 is 0 Å². The van der Waals surface area contributed by atoms with E-state index in [0.717, 1.165) is 11.1 Å². The summed E-state index contributed by atoms with van der Waals surface area (Å²) in [5.74, 6) is -1.53. The van der Waals surface area contributed by atoms with Crippen molar-refractivity contribution in [3.63, 3.8) is 0 Å². The van der Waals surface area contributed by atoms with Crippen molar-refractivity contribution in [1.29, 1.82) is 5.26 Å². The van der Waals surface area contributed by atoms with E-state index >= 15 is 0 Å². The van der Waals surface area contributed by atoms with Gasteiger partial charge >= 0.3 is 6.03 Å².